The topological polar surface area (TPSA) is 55.8 Å². The van der Waals surface area contributed by atoms with Crippen molar-refractivity contribution in [3.8, 4) is 11.5 Å². The molecule has 0 aromatic heterocycles. The molecule has 0 bridgehead atoms. The van der Waals surface area contributed by atoms with E-state index >= 15 is 0 Å². The Balaban J connectivity index is 2.38. The van der Waals surface area contributed by atoms with Crippen LogP contribution in [0.5, 0.6) is 11.5 Å². The summed E-state index contributed by atoms with van der Waals surface area (Å²) in [5, 5.41) is 8.71. The van der Waals surface area contributed by atoms with E-state index in [4.69, 9.17) is 14.6 Å². The maximum absolute atomic E-state index is 10.6. The van der Waals surface area contributed by atoms with E-state index < -0.39 is 5.97 Å². The molecular weight excluding hydrogens is 184 g/mol. The number of fused-ring (bicyclic) bond motifs is 1. The van der Waals surface area contributed by atoms with Gasteiger partial charge in [-0.25, -0.2) is 4.79 Å². The van der Waals surface area contributed by atoms with Crippen molar-refractivity contribution in [2.24, 2.45) is 0 Å². The molecule has 0 fully saturated rings. The lowest BCUT2D eigenvalue weighted by Gasteiger charge is -2.01. The molecule has 0 spiro atoms. The van der Waals surface area contributed by atoms with Gasteiger partial charge in [-0.15, -0.1) is 0 Å². The van der Waals surface area contributed by atoms with Crippen molar-refractivity contribution in [1.29, 1.82) is 0 Å². The average Bonchev–Trinajstić information content (AvgIpc) is 2.62. The van der Waals surface area contributed by atoms with Crippen LogP contribution in [-0.4, -0.2) is 17.9 Å². The quantitative estimate of drug-likeness (QED) is 0.721. The second kappa shape index (κ2) is 3.06. The number of hydrogen-bond donors (Lipinski definition) is 1. The number of ether oxygens (including phenoxy) is 2. The van der Waals surface area contributed by atoms with Crippen molar-refractivity contribution >= 4 is 11.5 Å². The Morgan fingerprint density at radius 1 is 1.36 bits per heavy atom. The number of carboxylic acids is 1. The Morgan fingerprint density at radius 2 is 2.07 bits per heavy atom. The zero-order valence-electron chi connectivity index (χ0n) is 7.32. The van der Waals surface area contributed by atoms with E-state index in [2.05, 4.69) is 6.58 Å². The molecule has 1 aliphatic heterocycles. The lowest BCUT2D eigenvalue weighted by molar-refractivity contribution is -0.130. The van der Waals surface area contributed by atoms with Crippen molar-refractivity contribution in [1.82, 2.24) is 0 Å². The molecule has 1 aromatic rings. The summed E-state index contributed by atoms with van der Waals surface area (Å²) >= 11 is 0. The minimum atomic E-state index is -1.04. The van der Waals surface area contributed by atoms with Gasteiger partial charge in [-0.3, -0.25) is 0 Å². The molecule has 0 saturated carbocycles. The van der Waals surface area contributed by atoms with Gasteiger partial charge in [0, 0.05) is 0 Å². The van der Waals surface area contributed by atoms with Gasteiger partial charge in [0.25, 0.3) is 0 Å². The van der Waals surface area contributed by atoms with Crippen LogP contribution in [0.2, 0.25) is 0 Å². The maximum atomic E-state index is 10.6. The Labute approximate surface area is 80.4 Å². The molecule has 0 unspecified atom stereocenters. The van der Waals surface area contributed by atoms with Gasteiger partial charge in [-0.2, -0.15) is 0 Å². The van der Waals surface area contributed by atoms with E-state index in [1.165, 1.54) is 0 Å². The van der Waals surface area contributed by atoms with E-state index in [1.807, 2.05) is 0 Å². The highest BCUT2D eigenvalue weighted by Gasteiger charge is 2.15. The summed E-state index contributed by atoms with van der Waals surface area (Å²) in [6.07, 6.45) is 0. The van der Waals surface area contributed by atoms with Crippen LogP contribution in [0.25, 0.3) is 5.57 Å². The van der Waals surface area contributed by atoms with E-state index in [-0.39, 0.29) is 12.4 Å². The lowest BCUT2D eigenvalue weighted by atomic mass is 10.1. The lowest BCUT2D eigenvalue weighted by Crippen LogP contribution is -1.97. The fraction of sp³-hybridized carbons (Fsp3) is 0.100. The number of carboxylic acid groups (broad SMARTS) is 1. The molecule has 1 aromatic carbocycles. The SMILES string of the molecule is C=C(C(=O)O)c1ccc2c(c1)OCO2. The number of aliphatic carboxylic acids is 1. The van der Waals surface area contributed by atoms with Crippen LogP contribution >= 0.6 is 0 Å². The van der Waals surface area contributed by atoms with Crippen molar-refractivity contribution < 1.29 is 19.4 Å². The molecular formula is C10H8O4. The molecule has 1 heterocycles. The molecule has 4 heteroatoms. The molecule has 0 amide bonds. The predicted octanol–water partition coefficient (Wildman–Crippen LogP) is 1.51. The van der Waals surface area contributed by atoms with E-state index in [0.717, 1.165) is 0 Å². The van der Waals surface area contributed by atoms with Gasteiger partial charge in [-0.1, -0.05) is 12.6 Å². The number of carbonyl (C=O) groups is 1. The summed E-state index contributed by atoms with van der Waals surface area (Å²) in [5.41, 5.74) is 0.574. The van der Waals surface area contributed by atoms with Crippen LogP contribution < -0.4 is 9.47 Å². The largest absolute Gasteiger partial charge is 0.478 e. The number of hydrogen-bond acceptors (Lipinski definition) is 3. The molecule has 1 N–H and O–H groups in total. The zero-order valence-corrected chi connectivity index (χ0v) is 7.32. The van der Waals surface area contributed by atoms with Crippen LogP contribution in [0, 0.1) is 0 Å². The average molecular weight is 192 g/mol. The minimum absolute atomic E-state index is 0.0447. The van der Waals surface area contributed by atoms with Crippen molar-refractivity contribution in [2.75, 3.05) is 6.79 Å². The van der Waals surface area contributed by atoms with E-state index in [1.54, 1.807) is 18.2 Å². The van der Waals surface area contributed by atoms with Crippen LogP contribution in [-0.2, 0) is 4.79 Å². The van der Waals surface area contributed by atoms with Gasteiger partial charge < -0.3 is 14.6 Å². The molecule has 0 aliphatic carbocycles. The van der Waals surface area contributed by atoms with Gasteiger partial charge in [0.15, 0.2) is 11.5 Å². The zero-order chi connectivity index (χ0) is 10.1. The smallest absolute Gasteiger partial charge is 0.335 e. The Bertz CT molecular complexity index is 409. The highest BCUT2D eigenvalue weighted by atomic mass is 16.7. The molecule has 14 heavy (non-hydrogen) atoms. The first kappa shape index (κ1) is 8.62. The summed E-state index contributed by atoms with van der Waals surface area (Å²) < 4.78 is 10.2. The molecule has 4 nitrogen and oxygen atoms in total. The molecule has 1 aliphatic rings. The van der Waals surface area contributed by atoms with Gasteiger partial charge in [0.05, 0.1) is 5.57 Å². The van der Waals surface area contributed by atoms with Gasteiger partial charge in [-0.05, 0) is 17.7 Å². The van der Waals surface area contributed by atoms with E-state index in [0.29, 0.717) is 17.1 Å². The maximum Gasteiger partial charge on any atom is 0.335 e. The van der Waals surface area contributed by atoms with Gasteiger partial charge in [0.2, 0.25) is 6.79 Å². The van der Waals surface area contributed by atoms with Crippen molar-refractivity contribution in [3.05, 3.63) is 30.3 Å². The first-order chi connectivity index (χ1) is 6.68. The fourth-order valence-corrected chi connectivity index (χ4v) is 1.21. The van der Waals surface area contributed by atoms with Crippen LogP contribution in [0.15, 0.2) is 24.8 Å². The summed E-state index contributed by atoms with van der Waals surface area (Å²) in [4.78, 5) is 10.6. The summed E-state index contributed by atoms with van der Waals surface area (Å²) in [6, 6.07) is 4.93. The normalized spacial score (nSPS) is 12.6. The van der Waals surface area contributed by atoms with Gasteiger partial charge >= 0.3 is 5.97 Å². The first-order valence-corrected chi connectivity index (χ1v) is 4.00. The predicted molar refractivity (Wildman–Crippen MR) is 49.2 cm³/mol. The molecule has 0 radical (unpaired) electrons. The summed E-state index contributed by atoms with van der Waals surface area (Å²) in [7, 11) is 0. The molecule has 2 rings (SSSR count). The van der Waals surface area contributed by atoms with Crippen LogP contribution in [0.3, 0.4) is 0 Å². The number of benzene rings is 1. The van der Waals surface area contributed by atoms with Crippen LogP contribution in [0.4, 0.5) is 0 Å². The summed E-state index contributed by atoms with van der Waals surface area (Å²) in [6.45, 7) is 3.63. The molecule has 0 saturated heterocycles. The van der Waals surface area contributed by atoms with Crippen molar-refractivity contribution in [3.63, 3.8) is 0 Å². The van der Waals surface area contributed by atoms with Crippen molar-refractivity contribution in [2.45, 2.75) is 0 Å². The van der Waals surface area contributed by atoms with Gasteiger partial charge in [0.1, 0.15) is 0 Å². The third kappa shape index (κ3) is 1.31. The highest BCUT2D eigenvalue weighted by molar-refractivity contribution is 6.14. The Kier molecular flexibility index (Phi) is 1.89. The van der Waals surface area contributed by atoms with Crippen LogP contribution in [0.1, 0.15) is 5.56 Å². The Morgan fingerprint density at radius 3 is 2.79 bits per heavy atom. The standard InChI is InChI=1S/C10H8O4/c1-6(10(11)12)7-2-3-8-9(4-7)14-5-13-8/h2-4H,1,5H2,(H,11,12). The molecule has 0 atom stereocenters. The third-order valence-electron chi connectivity index (χ3n) is 1.98. The summed E-state index contributed by atoms with van der Waals surface area (Å²) in [5.74, 6) is 0.153. The minimum Gasteiger partial charge on any atom is -0.478 e. The second-order valence-electron chi connectivity index (χ2n) is 2.85. The Hall–Kier alpha value is -1.97. The second-order valence-corrected chi connectivity index (χ2v) is 2.85. The first-order valence-electron chi connectivity index (χ1n) is 4.00. The third-order valence-corrected chi connectivity index (χ3v) is 1.98. The monoisotopic (exact) mass is 192 g/mol. The highest BCUT2D eigenvalue weighted by Crippen LogP contribution is 2.34. The fourth-order valence-electron chi connectivity index (χ4n) is 1.21. The van der Waals surface area contributed by atoms with E-state index in [9.17, 15) is 4.79 Å². The molecule has 72 valence electrons. The number of rotatable bonds is 2.